The third-order valence-corrected chi connectivity index (χ3v) is 6.02. The molecular weight excluding hydrogens is 274 g/mol. The van der Waals surface area contributed by atoms with Gasteiger partial charge in [-0.25, -0.2) is 0 Å². The van der Waals surface area contributed by atoms with E-state index in [1.807, 2.05) is 0 Å². The zero-order chi connectivity index (χ0) is 15.2. The molecule has 0 spiro atoms. The summed E-state index contributed by atoms with van der Waals surface area (Å²) in [5.74, 6) is 0. The average Bonchev–Trinajstić information content (AvgIpc) is 2.58. The zero-order valence-electron chi connectivity index (χ0n) is 14.2. The summed E-state index contributed by atoms with van der Waals surface area (Å²) in [5.41, 5.74) is 0. The fraction of sp³-hybridized carbons (Fsp3) is 1.00. The van der Waals surface area contributed by atoms with Crippen molar-refractivity contribution in [1.29, 1.82) is 0 Å². The molecular formula is C18H35N3O. The van der Waals surface area contributed by atoms with Crippen LogP contribution in [0.2, 0.25) is 0 Å². The lowest BCUT2D eigenvalue weighted by Gasteiger charge is -2.43. The summed E-state index contributed by atoms with van der Waals surface area (Å²) >= 11 is 0. The number of hydrogen-bond donors (Lipinski definition) is 2. The summed E-state index contributed by atoms with van der Waals surface area (Å²) < 4.78 is 0. The van der Waals surface area contributed by atoms with Crippen LogP contribution in [0.5, 0.6) is 0 Å². The molecule has 3 rings (SSSR count). The SMILES string of the molecule is OCC1CCCCN1CC1CCCCN1CC1CCCCN1. The Balaban J connectivity index is 1.54. The highest BCUT2D eigenvalue weighted by atomic mass is 16.3. The van der Waals surface area contributed by atoms with Gasteiger partial charge in [0, 0.05) is 31.2 Å². The van der Waals surface area contributed by atoms with E-state index in [9.17, 15) is 5.11 Å². The minimum atomic E-state index is 0.344. The number of likely N-dealkylation sites (tertiary alicyclic amines) is 2. The Morgan fingerprint density at radius 3 is 2.14 bits per heavy atom. The molecule has 4 nitrogen and oxygen atoms in total. The molecule has 0 aromatic carbocycles. The summed E-state index contributed by atoms with van der Waals surface area (Å²) in [7, 11) is 0. The summed E-state index contributed by atoms with van der Waals surface area (Å²) in [6.07, 6.45) is 12.0. The number of aliphatic hydroxyl groups excluding tert-OH is 1. The second-order valence-electron chi connectivity index (χ2n) is 7.62. The van der Waals surface area contributed by atoms with Gasteiger partial charge in [-0.05, 0) is 58.2 Å². The molecule has 3 aliphatic heterocycles. The molecule has 0 aromatic rings. The second-order valence-corrected chi connectivity index (χ2v) is 7.62. The topological polar surface area (TPSA) is 38.7 Å². The fourth-order valence-corrected chi connectivity index (χ4v) is 4.65. The minimum Gasteiger partial charge on any atom is -0.395 e. The van der Waals surface area contributed by atoms with E-state index in [1.165, 1.54) is 90.5 Å². The van der Waals surface area contributed by atoms with Crippen molar-refractivity contribution in [1.82, 2.24) is 15.1 Å². The Morgan fingerprint density at radius 2 is 1.45 bits per heavy atom. The Kier molecular flexibility index (Phi) is 6.54. The van der Waals surface area contributed by atoms with E-state index >= 15 is 0 Å². The molecule has 2 N–H and O–H groups in total. The van der Waals surface area contributed by atoms with Crippen molar-refractivity contribution < 1.29 is 5.11 Å². The molecule has 0 amide bonds. The monoisotopic (exact) mass is 309 g/mol. The minimum absolute atomic E-state index is 0.344. The van der Waals surface area contributed by atoms with Crippen molar-refractivity contribution in [2.75, 3.05) is 39.3 Å². The summed E-state index contributed by atoms with van der Waals surface area (Å²) in [4.78, 5) is 5.34. The van der Waals surface area contributed by atoms with Crippen LogP contribution in [-0.2, 0) is 0 Å². The maximum atomic E-state index is 9.65. The second kappa shape index (κ2) is 8.62. The van der Waals surface area contributed by atoms with E-state index in [0.29, 0.717) is 24.7 Å². The average molecular weight is 309 g/mol. The molecule has 0 aromatic heterocycles. The number of aliphatic hydroxyl groups is 1. The van der Waals surface area contributed by atoms with Crippen LogP contribution in [0.1, 0.15) is 57.8 Å². The van der Waals surface area contributed by atoms with Gasteiger partial charge in [0.1, 0.15) is 0 Å². The Morgan fingerprint density at radius 1 is 0.773 bits per heavy atom. The Hall–Kier alpha value is -0.160. The number of hydrogen-bond acceptors (Lipinski definition) is 4. The van der Waals surface area contributed by atoms with Gasteiger partial charge in [0.25, 0.3) is 0 Å². The van der Waals surface area contributed by atoms with Gasteiger partial charge in [-0.1, -0.05) is 19.3 Å². The van der Waals surface area contributed by atoms with Gasteiger partial charge in [-0.2, -0.15) is 0 Å². The van der Waals surface area contributed by atoms with Crippen LogP contribution in [-0.4, -0.2) is 72.4 Å². The van der Waals surface area contributed by atoms with Gasteiger partial charge < -0.3 is 10.4 Å². The Labute approximate surface area is 136 Å². The molecule has 0 radical (unpaired) electrons. The van der Waals surface area contributed by atoms with Crippen LogP contribution in [0.4, 0.5) is 0 Å². The highest BCUT2D eigenvalue weighted by Crippen LogP contribution is 2.23. The molecule has 3 atom stereocenters. The third-order valence-electron chi connectivity index (χ3n) is 6.02. The molecule has 0 saturated carbocycles. The lowest BCUT2D eigenvalue weighted by molar-refractivity contribution is 0.0394. The number of nitrogens with one attached hydrogen (secondary N) is 1. The molecule has 3 saturated heterocycles. The predicted octanol–water partition coefficient (Wildman–Crippen LogP) is 1.83. The summed E-state index contributed by atoms with van der Waals surface area (Å²) in [5, 5.41) is 13.4. The van der Waals surface area contributed by atoms with E-state index < -0.39 is 0 Å². The van der Waals surface area contributed by atoms with Crippen LogP contribution in [0.25, 0.3) is 0 Å². The van der Waals surface area contributed by atoms with Crippen LogP contribution >= 0.6 is 0 Å². The van der Waals surface area contributed by atoms with Crippen molar-refractivity contribution in [2.24, 2.45) is 0 Å². The first-order valence-corrected chi connectivity index (χ1v) is 9.69. The normalized spacial score (nSPS) is 35.6. The molecule has 4 heteroatoms. The first kappa shape index (κ1) is 16.7. The molecule has 128 valence electrons. The molecule has 22 heavy (non-hydrogen) atoms. The number of piperidine rings is 3. The Bertz CT molecular complexity index is 319. The van der Waals surface area contributed by atoms with Gasteiger partial charge >= 0.3 is 0 Å². The first-order chi connectivity index (χ1) is 10.9. The highest BCUT2D eigenvalue weighted by Gasteiger charge is 2.30. The van der Waals surface area contributed by atoms with Crippen molar-refractivity contribution in [2.45, 2.75) is 75.9 Å². The maximum Gasteiger partial charge on any atom is 0.0586 e. The fourth-order valence-electron chi connectivity index (χ4n) is 4.65. The molecule has 3 unspecified atom stereocenters. The van der Waals surface area contributed by atoms with E-state index in [0.717, 1.165) is 0 Å². The number of rotatable bonds is 5. The molecule has 0 aliphatic carbocycles. The first-order valence-electron chi connectivity index (χ1n) is 9.69. The number of nitrogens with zero attached hydrogens (tertiary/aromatic N) is 2. The third kappa shape index (κ3) is 4.44. The van der Waals surface area contributed by atoms with Crippen molar-refractivity contribution in [3.8, 4) is 0 Å². The van der Waals surface area contributed by atoms with E-state index in [1.54, 1.807) is 0 Å². The van der Waals surface area contributed by atoms with Crippen LogP contribution in [0.3, 0.4) is 0 Å². The van der Waals surface area contributed by atoms with E-state index in [2.05, 4.69) is 15.1 Å². The van der Waals surface area contributed by atoms with Crippen molar-refractivity contribution in [3.63, 3.8) is 0 Å². The predicted molar refractivity (Wildman–Crippen MR) is 91.2 cm³/mol. The van der Waals surface area contributed by atoms with Crippen LogP contribution in [0.15, 0.2) is 0 Å². The van der Waals surface area contributed by atoms with Gasteiger partial charge in [-0.3, -0.25) is 9.80 Å². The zero-order valence-corrected chi connectivity index (χ0v) is 14.2. The highest BCUT2D eigenvalue weighted by molar-refractivity contribution is 4.87. The molecule has 3 aliphatic rings. The van der Waals surface area contributed by atoms with Gasteiger partial charge in [-0.15, -0.1) is 0 Å². The van der Waals surface area contributed by atoms with Crippen molar-refractivity contribution >= 4 is 0 Å². The summed E-state index contributed by atoms with van der Waals surface area (Å²) in [6.45, 7) is 6.44. The van der Waals surface area contributed by atoms with Gasteiger partial charge in [0.05, 0.1) is 6.61 Å². The van der Waals surface area contributed by atoms with E-state index in [-0.39, 0.29) is 0 Å². The van der Waals surface area contributed by atoms with Crippen LogP contribution in [0, 0.1) is 0 Å². The lowest BCUT2D eigenvalue weighted by Crippen LogP contribution is -2.54. The molecule has 0 bridgehead atoms. The molecule has 3 fully saturated rings. The standard InChI is InChI=1S/C18H35N3O/c22-15-18-9-3-6-12-21(18)14-17-8-2-5-11-20(17)13-16-7-1-4-10-19-16/h16-19,22H,1-15H2. The maximum absolute atomic E-state index is 9.65. The summed E-state index contributed by atoms with van der Waals surface area (Å²) in [6, 6.07) is 1.85. The molecule has 3 heterocycles. The van der Waals surface area contributed by atoms with E-state index in [4.69, 9.17) is 0 Å². The smallest absolute Gasteiger partial charge is 0.0586 e. The van der Waals surface area contributed by atoms with Crippen LogP contribution < -0.4 is 5.32 Å². The van der Waals surface area contributed by atoms with Gasteiger partial charge in [0.15, 0.2) is 0 Å². The lowest BCUT2D eigenvalue weighted by atomic mass is 9.96. The quantitative estimate of drug-likeness (QED) is 0.813. The van der Waals surface area contributed by atoms with Crippen molar-refractivity contribution in [3.05, 3.63) is 0 Å². The largest absolute Gasteiger partial charge is 0.395 e. The van der Waals surface area contributed by atoms with Gasteiger partial charge in [0.2, 0.25) is 0 Å².